The molecule has 1 aliphatic carbocycles. The van der Waals surface area contributed by atoms with Gasteiger partial charge in [0.2, 0.25) is 0 Å². The van der Waals surface area contributed by atoms with Crippen molar-refractivity contribution in [2.45, 2.75) is 33.1 Å². The van der Waals surface area contributed by atoms with E-state index >= 15 is 0 Å². The van der Waals surface area contributed by atoms with Gasteiger partial charge in [0.15, 0.2) is 0 Å². The summed E-state index contributed by atoms with van der Waals surface area (Å²) in [7, 11) is 0. The third-order valence-corrected chi connectivity index (χ3v) is 7.31. The van der Waals surface area contributed by atoms with E-state index in [9.17, 15) is 15.2 Å². The molecule has 1 fully saturated rings. The third kappa shape index (κ3) is 3.64. The second-order valence-corrected chi connectivity index (χ2v) is 9.91. The van der Waals surface area contributed by atoms with Gasteiger partial charge in [-0.1, -0.05) is 13.8 Å². The van der Waals surface area contributed by atoms with Gasteiger partial charge in [0.25, 0.3) is 0 Å². The minimum Gasteiger partial charge on any atom is -0.478 e. The van der Waals surface area contributed by atoms with Crippen LogP contribution < -0.4 is 10.8 Å². The quantitative estimate of drug-likeness (QED) is 0.726. The molecule has 152 valence electrons. The summed E-state index contributed by atoms with van der Waals surface area (Å²) in [6, 6.07) is 7.75. The van der Waals surface area contributed by atoms with Gasteiger partial charge in [-0.25, -0.2) is 10.7 Å². The van der Waals surface area contributed by atoms with Crippen LogP contribution in [0.2, 0.25) is 0 Å². The molecule has 7 heteroatoms. The summed E-state index contributed by atoms with van der Waals surface area (Å²) < 4.78 is 0. The fourth-order valence-electron chi connectivity index (χ4n) is 4.41. The topological polar surface area (TPSA) is 99.6 Å². The number of hydrogen-bond donors (Lipinski definition) is 2. The van der Waals surface area contributed by atoms with Crippen molar-refractivity contribution in [3.63, 3.8) is 0 Å². The van der Waals surface area contributed by atoms with E-state index in [4.69, 9.17) is 10.7 Å². The molecule has 0 spiro atoms. The first-order valence-electron chi connectivity index (χ1n) is 9.82. The lowest BCUT2D eigenvalue weighted by Crippen LogP contribution is -2.49. The molecule has 0 unspecified atom stereocenters. The Balaban J connectivity index is 1.82. The molecule has 0 saturated carbocycles. The van der Waals surface area contributed by atoms with E-state index in [1.807, 2.05) is 12.1 Å². The lowest BCUT2D eigenvalue weighted by Gasteiger charge is -2.41. The van der Waals surface area contributed by atoms with Crippen LogP contribution >= 0.6 is 11.3 Å². The van der Waals surface area contributed by atoms with Crippen molar-refractivity contribution in [2.24, 2.45) is 17.2 Å². The predicted octanol–water partition coefficient (Wildman–Crippen LogP) is 3.83. The van der Waals surface area contributed by atoms with E-state index in [-0.39, 0.29) is 5.41 Å². The summed E-state index contributed by atoms with van der Waals surface area (Å²) in [5, 5.41) is 19.5. The third-order valence-electron chi connectivity index (χ3n) is 5.99. The summed E-state index contributed by atoms with van der Waals surface area (Å²) in [4.78, 5) is 21.2. The van der Waals surface area contributed by atoms with Gasteiger partial charge in [-0.15, -0.1) is 11.3 Å². The molecule has 1 saturated heterocycles. The summed E-state index contributed by atoms with van der Waals surface area (Å²) in [6.45, 7) is 6.50. The highest BCUT2D eigenvalue weighted by Gasteiger charge is 2.35. The van der Waals surface area contributed by atoms with Crippen molar-refractivity contribution < 1.29 is 14.7 Å². The molecule has 6 nitrogen and oxygen atoms in total. The number of carboxylic acids is 1. The van der Waals surface area contributed by atoms with Gasteiger partial charge in [0, 0.05) is 35.1 Å². The van der Waals surface area contributed by atoms with Crippen LogP contribution in [-0.4, -0.2) is 30.8 Å². The van der Waals surface area contributed by atoms with Crippen LogP contribution in [-0.2, 0) is 17.7 Å². The molecular formula is C22H25N3O3S. The zero-order valence-corrected chi connectivity index (χ0v) is 17.5. The van der Waals surface area contributed by atoms with Crippen molar-refractivity contribution >= 4 is 23.0 Å². The molecule has 4 rings (SSSR count). The molecule has 2 heterocycles. The van der Waals surface area contributed by atoms with Crippen LogP contribution in [0.4, 0.5) is 5.69 Å². The maximum atomic E-state index is 12.3. The van der Waals surface area contributed by atoms with E-state index in [0.717, 1.165) is 54.0 Å². The minimum absolute atomic E-state index is 0.0970. The number of fused-ring (bicyclic) bond motifs is 1. The summed E-state index contributed by atoms with van der Waals surface area (Å²) in [5.74, 6) is 4.67. The van der Waals surface area contributed by atoms with E-state index < -0.39 is 5.97 Å². The van der Waals surface area contributed by atoms with Gasteiger partial charge >= 0.3 is 5.97 Å². The largest absolute Gasteiger partial charge is 0.478 e. The maximum absolute atomic E-state index is 12.3. The molecule has 1 aromatic carbocycles. The van der Waals surface area contributed by atoms with E-state index in [2.05, 4.69) is 24.8 Å². The monoisotopic (exact) mass is 411 g/mol. The number of anilines is 1. The number of rotatable bonds is 5. The fraction of sp³-hybridized carbons (Fsp3) is 0.455. The molecule has 1 aliphatic heterocycles. The second-order valence-electron chi connectivity index (χ2n) is 8.80. The van der Waals surface area contributed by atoms with Crippen molar-refractivity contribution in [2.75, 3.05) is 24.6 Å². The van der Waals surface area contributed by atoms with Gasteiger partial charge < -0.3 is 14.8 Å². The first kappa shape index (κ1) is 19.9. The van der Waals surface area contributed by atoms with Crippen LogP contribution in [0.1, 0.15) is 46.6 Å². The number of aryl methyl sites for hydroxylation is 1. The predicted molar refractivity (Wildman–Crippen MR) is 113 cm³/mol. The highest BCUT2D eigenvalue weighted by Crippen LogP contribution is 2.47. The molecular weight excluding hydrogens is 386 g/mol. The first-order chi connectivity index (χ1) is 13.8. The van der Waals surface area contributed by atoms with E-state index in [1.54, 1.807) is 17.4 Å². The number of nitrogens with two attached hydrogens (primary N) is 1. The average Bonchev–Trinajstić information content (AvgIpc) is 3.01. The SMILES string of the molecule is CC1(C)CCc2sc(-c3cc(C#N)ccc3N3CC(CON)C3)c(C(=O)O)c2C1. The maximum Gasteiger partial charge on any atom is 0.337 e. The Hall–Kier alpha value is -2.40. The number of thiophene rings is 1. The van der Waals surface area contributed by atoms with Crippen molar-refractivity contribution in [1.29, 1.82) is 5.26 Å². The molecule has 2 aromatic rings. The fourth-order valence-corrected chi connectivity index (χ4v) is 5.74. The molecule has 29 heavy (non-hydrogen) atoms. The molecule has 0 amide bonds. The van der Waals surface area contributed by atoms with Crippen LogP contribution in [0, 0.1) is 22.7 Å². The smallest absolute Gasteiger partial charge is 0.337 e. The van der Waals surface area contributed by atoms with Crippen LogP contribution in [0.5, 0.6) is 0 Å². The standard InChI is InChI=1S/C22H25N3O3S/c1-22(2)6-5-18-16(8-22)19(21(26)27)20(29-18)15-7-13(9-23)3-4-17(15)25-10-14(11-25)12-28-24/h3-4,7,14H,5-6,8,10-12,24H2,1-2H3,(H,26,27). The number of hydrogen-bond acceptors (Lipinski definition) is 6. The van der Waals surface area contributed by atoms with Gasteiger partial charge in [0.05, 0.1) is 28.7 Å². The number of benzene rings is 1. The first-order valence-corrected chi connectivity index (χ1v) is 10.6. The molecule has 0 radical (unpaired) electrons. The highest BCUT2D eigenvalue weighted by molar-refractivity contribution is 7.16. The Morgan fingerprint density at radius 2 is 2.21 bits per heavy atom. The summed E-state index contributed by atoms with van der Waals surface area (Å²) in [5.41, 5.74) is 3.83. The van der Waals surface area contributed by atoms with Crippen LogP contribution in [0.25, 0.3) is 10.4 Å². The molecule has 0 atom stereocenters. The van der Waals surface area contributed by atoms with E-state index in [1.165, 1.54) is 4.88 Å². The van der Waals surface area contributed by atoms with Crippen molar-refractivity contribution in [3.05, 3.63) is 39.8 Å². The number of nitrogens with zero attached hydrogens (tertiary/aromatic N) is 2. The van der Waals surface area contributed by atoms with Crippen molar-refractivity contribution in [1.82, 2.24) is 0 Å². The zero-order chi connectivity index (χ0) is 20.8. The Kier molecular flexibility index (Phi) is 5.11. The highest BCUT2D eigenvalue weighted by atomic mass is 32.1. The molecule has 1 aromatic heterocycles. The summed E-state index contributed by atoms with van der Waals surface area (Å²) in [6.07, 6.45) is 2.73. The number of carbonyl (C=O) groups is 1. The Morgan fingerprint density at radius 1 is 1.45 bits per heavy atom. The number of nitriles is 1. The normalized spacial score (nSPS) is 18.1. The van der Waals surface area contributed by atoms with Crippen LogP contribution in [0.3, 0.4) is 0 Å². The lowest BCUT2D eigenvalue weighted by molar-refractivity contribution is 0.0696. The van der Waals surface area contributed by atoms with Gasteiger partial charge in [-0.2, -0.15) is 5.26 Å². The minimum atomic E-state index is -0.887. The van der Waals surface area contributed by atoms with Gasteiger partial charge in [-0.05, 0) is 48.4 Å². The lowest BCUT2D eigenvalue weighted by atomic mass is 9.76. The number of aromatic carboxylic acids is 1. The van der Waals surface area contributed by atoms with E-state index in [0.29, 0.717) is 23.7 Å². The van der Waals surface area contributed by atoms with Gasteiger partial charge in [0.1, 0.15) is 0 Å². The number of carboxylic acid groups (broad SMARTS) is 1. The zero-order valence-electron chi connectivity index (χ0n) is 16.7. The van der Waals surface area contributed by atoms with Crippen molar-refractivity contribution in [3.8, 4) is 16.5 Å². The van der Waals surface area contributed by atoms with Crippen LogP contribution in [0.15, 0.2) is 18.2 Å². The van der Waals surface area contributed by atoms with Gasteiger partial charge in [-0.3, -0.25) is 0 Å². The Morgan fingerprint density at radius 3 is 2.86 bits per heavy atom. The Labute approximate surface area is 174 Å². The second kappa shape index (κ2) is 7.45. The summed E-state index contributed by atoms with van der Waals surface area (Å²) >= 11 is 1.58. The molecule has 2 aliphatic rings. The Bertz CT molecular complexity index is 999. The average molecular weight is 412 g/mol. The molecule has 0 bridgehead atoms. The molecule has 3 N–H and O–H groups in total.